The Hall–Kier alpha value is -1.39. The average molecular weight is 431 g/mol. The van der Waals surface area contributed by atoms with Crippen molar-refractivity contribution in [3.05, 3.63) is 46.3 Å². The first-order valence-corrected chi connectivity index (χ1v) is 14.8. The van der Waals surface area contributed by atoms with E-state index in [9.17, 15) is 4.79 Å². The molecule has 1 aromatic heterocycles. The van der Waals surface area contributed by atoms with Gasteiger partial charge in [-0.25, -0.2) is 0 Å². The Morgan fingerprint density at radius 2 is 1.59 bits per heavy atom. The number of aryl methyl sites for hydroxylation is 1. The second-order valence-corrected chi connectivity index (χ2v) is 16.8. The van der Waals surface area contributed by atoms with Crippen molar-refractivity contribution in [1.29, 1.82) is 0 Å². The minimum absolute atomic E-state index is 0.0972. The van der Waals surface area contributed by atoms with Gasteiger partial charge in [0.15, 0.2) is 0 Å². The van der Waals surface area contributed by atoms with Crippen LogP contribution in [0.3, 0.4) is 0 Å². The first kappa shape index (κ1) is 23.9. The summed E-state index contributed by atoms with van der Waals surface area (Å²) in [5, 5.41) is 2.19. The van der Waals surface area contributed by atoms with E-state index in [2.05, 4.69) is 84.3 Å². The second-order valence-electron chi connectivity index (χ2n) is 10.7. The lowest BCUT2D eigenvalue weighted by Gasteiger charge is -2.30. The number of thiophene rings is 1. The Bertz CT molecular complexity index is 802. The van der Waals surface area contributed by atoms with Crippen molar-refractivity contribution >= 4 is 29.9 Å². The summed E-state index contributed by atoms with van der Waals surface area (Å²) in [4.78, 5) is 12.2. The van der Waals surface area contributed by atoms with E-state index in [1.54, 1.807) is 4.50 Å². The lowest BCUT2D eigenvalue weighted by atomic mass is 9.78. The summed E-state index contributed by atoms with van der Waals surface area (Å²) in [6.45, 7) is 20.0. The average Bonchev–Trinajstić information content (AvgIpc) is 3.14. The molecule has 0 N–H and O–H groups in total. The van der Waals surface area contributed by atoms with E-state index in [4.69, 9.17) is 4.74 Å². The number of carbonyl (C=O) groups excluding carboxylic acids is 1. The maximum atomic E-state index is 12.2. The number of hydrogen-bond acceptors (Lipinski definition) is 3. The number of ether oxygens (including phenoxy) is 1. The summed E-state index contributed by atoms with van der Waals surface area (Å²) in [5.74, 6) is 0.607. The van der Waals surface area contributed by atoms with E-state index in [1.165, 1.54) is 11.6 Å². The first-order valence-electron chi connectivity index (χ1n) is 10.7. The molecule has 0 unspecified atom stereocenters. The van der Waals surface area contributed by atoms with E-state index < -0.39 is 8.07 Å². The Morgan fingerprint density at radius 3 is 2.00 bits per heavy atom. The highest BCUT2D eigenvalue weighted by Crippen LogP contribution is 2.41. The summed E-state index contributed by atoms with van der Waals surface area (Å²) in [6, 6.07) is 10.2. The van der Waals surface area contributed by atoms with Gasteiger partial charge in [-0.1, -0.05) is 85.8 Å². The zero-order valence-electron chi connectivity index (χ0n) is 19.7. The Balaban J connectivity index is 2.50. The number of benzene rings is 1. The van der Waals surface area contributed by atoms with Crippen LogP contribution in [0.1, 0.15) is 71.6 Å². The van der Waals surface area contributed by atoms with Gasteiger partial charge in [0.2, 0.25) is 0 Å². The second kappa shape index (κ2) is 8.77. The Morgan fingerprint density at radius 1 is 1.03 bits per heavy atom. The summed E-state index contributed by atoms with van der Waals surface area (Å²) >= 11 is 1.90. The summed E-state index contributed by atoms with van der Waals surface area (Å²) < 4.78 is 7.48. The van der Waals surface area contributed by atoms with Crippen LogP contribution < -0.4 is 9.24 Å². The maximum Gasteiger partial charge on any atom is 0.310 e. The van der Waals surface area contributed by atoms with E-state index in [1.807, 2.05) is 18.3 Å². The predicted molar refractivity (Wildman–Crippen MR) is 130 cm³/mol. The number of rotatable bonds is 6. The molecule has 0 saturated carbocycles. The molecule has 0 spiro atoms. The van der Waals surface area contributed by atoms with Crippen molar-refractivity contribution in [3.8, 4) is 5.75 Å². The maximum absolute atomic E-state index is 12.2. The molecule has 1 aromatic carbocycles. The predicted octanol–water partition coefficient (Wildman–Crippen LogP) is 6.82. The molecular weight excluding hydrogens is 392 g/mol. The SMILES string of the molecule is CCC(=O)Oc1c(C(C)(C)C)cc(CC[Si](C)(C)c2cccs2)cc1C(C)(C)C. The van der Waals surface area contributed by atoms with Crippen LogP contribution >= 0.6 is 11.3 Å². The molecular formula is C25H38O2SSi. The molecule has 0 aliphatic rings. The highest BCUT2D eigenvalue weighted by molar-refractivity contribution is 7.25. The topological polar surface area (TPSA) is 26.3 Å². The fourth-order valence-electron chi connectivity index (χ4n) is 3.49. The summed E-state index contributed by atoms with van der Waals surface area (Å²) in [6.07, 6.45) is 1.45. The molecule has 0 saturated heterocycles. The molecule has 29 heavy (non-hydrogen) atoms. The lowest BCUT2D eigenvalue weighted by molar-refractivity contribution is -0.134. The van der Waals surface area contributed by atoms with Gasteiger partial charge < -0.3 is 4.74 Å². The van der Waals surface area contributed by atoms with E-state index in [0.29, 0.717) is 6.42 Å². The van der Waals surface area contributed by atoms with Crippen molar-refractivity contribution < 1.29 is 9.53 Å². The fourth-order valence-corrected chi connectivity index (χ4v) is 7.44. The van der Waals surface area contributed by atoms with Gasteiger partial charge in [0, 0.05) is 17.5 Å². The van der Waals surface area contributed by atoms with Crippen molar-refractivity contribution in [2.45, 2.75) is 91.3 Å². The molecule has 0 radical (unpaired) electrons. The van der Waals surface area contributed by atoms with Crippen LogP contribution in [0.2, 0.25) is 19.1 Å². The van der Waals surface area contributed by atoms with Crippen LogP contribution in [-0.4, -0.2) is 14.0 Å². The third kappa shape index (κ3) is 6.05. The highest BCUT2D eigenvalue weighted by atomic mass is 32.1. The van der Waals surface area contributed by atoms with Gasteiger partial charge in [-0.05, 0) is 38.7 Å². The standard InChI is InChI=1S/C25H38O2SSi/c1-10-21(26)27-23-19(24(2,3)4)16-18(17-20(23)25(5,6)7)13-15-29(8,9)22-12-11-14-28-22/h11-12,14,16-17H,10,13,15H2,1-9H3. The van der Waals surface area contributed by atoms with Gasteiger partial charge in [0.25, 0.3) is 0 Å². The Labute approximate surface area is 182 Å². The van der Waals surface area contributed by atoms with Crippen LogP contribution in [0.5, 0.6) is 5.75 Å². The van der Waals surface area contributed by atoms with E-state index in [-0.39, 0.29) is 16.8 Å². The molecule has 0 atom stereocenters. The largest absolute Gasteiger partial charge is 0.426 e. The molecule has 0 fully saturated rings. The van der Waals surface area contributed by atoms with Crippen molar-refractivity contribution in [2.75, 3.05) is 0 Å². The molecule has 0 bridgehead atoms. The van der Waals surface area contributed by atoms with Gasteiger partial charge in [-0.3, -0.25) is 4.79 Å². The van der Waals surface area contributed by atoms with Crippen LogP contribution in [-0.2, 0) is 22.0 Å². The van der Waals surface area contributed by atoms with Crippen molar-refractivity contribution in [3.63, 3.8) is 0 Å². The van der Waals surface area contributed by atoms with Crippen LogP contribution in [0.4, 0.5) is 0 Å². The highest BCUT2D eigenvalue weighted by Gasteiger charge is 2.30. The number of carbonyl (C=O) groups is 1. The molecule has 0 aliphatic heterocycles. The smallest absolute Gasteiger partial charge is 0.310 e. The zero-order chi connectivity index (χ0) is 22.0. The number of esters is 1. The molecule has 4 heteroatoms. The monoisotopic (exact) mass is 430 g/mol. The lowest BCUT2D eigenvalue weighted by Crippen LogP contribution is -2.39. The Kier molecular flexibility index (Phi) is 7.22. The quantitative estimate of drug-likeness (QED) is 0.286. The van der Waals surface area contributed by atoms with Crippen molar-refractivity contribution in [2.24, 2.45) is 0 Å². The van der Waals surface area contributed by atoms with Gasteiger partial charge in [-0.15, -0.1) is 0 Å². The van der Waals surface area contributed by atoms with Crippen molar-refractivity contribution in [1.82, 2.24) is 0 Å². The molecule has 160 valence electrons. The van der Waals surface area contributed by atoms with Gasteiger partial charge in [0.1, 0.15) is 5.75 Å². The van der Waals surface area contributed by atoms with E-state index in [0.717, 1.165) is 23.3 Å². The van der Waals surface area contributed by atoms with Gasteiger partial charge >= 0.3 is 5.97 Å². The van der Waals surface area contributed by atoms with Crippen LogP contribution in [0.25, 0.3) is 0 Å². The van der Waals surface area contributed by atoms with E-state index >= 15 is 0 Å². The molecule has 1 heterocycles. The summed E-state index contributed by atoms with van der Waals surface area (Å²) in [7, 11) is -1.45. The number of hydrogen-bond donors (Lipinski definition) is 0. The summed E-state index contributed by atoms with van der Waals surface area (Å²) in [5.41, 5.74) is 3.43. The van der Waals surface area contributed by atoms with Crippen LogP contribution in [0.15, 0.2) is 29.6 Å². The molecule has 2 nitrogen and oxygen atoms in total. The third-order valence-corrected chi connectivity index (χ3v) is 11.2. The molecule has 2 aromatic rings. The van der Waals surface area contributed by atoms with Crippen LogP contribution in [0, 0.1) is 0 Å². The normalized spacial score (nSPS) is 12.9. The zero-order valence-corrected chi connectivity index (χ0v) is 21.5. The third-order valence-electron chi connectivity index (χ3n) is 5.50. The van der Waals surface area contributed by atoms with Gasteiger partial charge in [0.05, 0.1) is 8.07 Å². The molecule has 0 aliphatic carbocycles. The minimum Gasteiger partial charge on any atom is -0.426 e. The first-order chi connectivity index (χ1) is 13.3. The van der Waals surface area contributed by atoms with Gasteiger partial charge in [-0.2, -0.15) is 11.3 Å². The fraction of sp³-hybridized carbons (Fsp3) is 0.560. The molecule has 0 amide bonds. The molecule has 2 rings (SSSR count). The minimum atomic E-state index is -1.45.